The van der Waals surface area contributed by atoms with E-state index in [-0.39, 0.29) is 17.2 Å². The van der Waals surface area contributed by atoms with Gasteiger partial charge in [0.05, 0.1) is 24.4 Å². The predicted octanol–water partition coefficient (Wildman–Crippen LogP) is 2.73. The van der Waals surface area contributed by atoms with E-state index >= 15 is 0 Å². The minimum absolute atomic E-state index is 0.0854. The highest BCUT2D eigenvalue weighted by atomic mass is 35.5. The molecule has 2 aromatic rings. The third kappa shape index (κ3) is 3.88. The van der Waals surface area contributed by atoms with Crippen molar-refractivity contribution in [1.29, 1.82) is 0 Å². The molecule has 2 rings (SSSR count). The van der Waals surface area contributed by atoms with Crippen molar-refractivity contribution in [2.45, 2.75) is 13.0 Å². The Morgan fingerprint density at radius 2 is 2.29 bits per heavy atom. The Bertz CT molecular complexity index is 698. The van der Waals surface area contributed by atoms with Crippen LogP contribution >= 0.6 is 11.6 Å². The normalized spacial score (nSPS) is 11.4. The van der Waals surface area contributed by atoms with Crippen LogP contribution in [0.2, 0.25) is 5.22 Å². The van der Waals surface area contributed by atoms with E-state index in [9.17, 15) is 4.79 Å². The van der Waals surface area contributed by atoms with Crippen LogP contribution in [0.1, 0.15) is 34.5 Å². The number of furan rings is 1. The lowest BCUT2D eigenvalue weighted by Crippen LogP contribution is -2.26. The van der Waals surface area contributed by atoms with Gasteiger partial charge in [0, 0.05) is 5.56 Å². The Morgan fingerprint density at radius 1 is 1.48 bits per heavy atom. The minimum atomic E-state index is -0.278. The third-order valence-corrected chi connectivity index (χ3v) is 3.22. The monoisotopic (exact) mass is 302 g/mol. The van der Waals surface area contributed by atoms with E-state index in [1.54, 1.807) is 0 Å². The standard InChI is InChI=1S/C16H15ClN2O2/c1-11(19-16(20)14-7-9-21-15(14)17)13-6-2-4-12(10-13)5-3-8-18/h2,4,6-7,9-11H,8,18H2,1H3,(H,19,20). The molecular weight excluding hydrogens is 288 g/mol. The fourth-order valence-electron chi connectivity index (χ4n) is 1.85. The Morgan fingerprint density at radius 3 is 2.95 bits per heavy atom. The summed E-state index contributed by atoms with van der Waals surface area (Å²) >= 11 is 5.79. The molecule has 0 fully saturated rings. The first-order valence-corrected chi connectivity index (χ1v) is 6.82. The fourth-order valence-corrected chi connectivity index (χ4v) is 2.05. The number of carbonyl (C=O) groups is 1. The van der Waals surface area contributed by atoms with Crippen LogP contribution in [-0.4, -0.2) is 12.5 Å². The molecule has 0 aliphatic heterocycles. The second kappa shape index (κ2) is 6.98. The zero-order valence-corrected chi connectivity index (χ0v) is 12.3. The Kier molecular flexibility index (Phi) is 5.04. The van der Waals surface area contributed by atoms with Gasteiger partial charge in [0.2, 0.25) is 5.22 Å². The lowest BCUT2D eigenvalue weighted by atomic mass is 10.0. The van der Waals surface area contributed by atoms with E-state index in [0.29, 0.717) is 12.1 Å². The topological polar surface area (TPSA) is 68.3 Å². The van der Waals surface area contributed by atoms with Gasteiger partial charge < -0.3 is 15.5 Å². The van der Waals surface area contributed by atoms with Crippen LogP contribution in [-0.2, 0) is 0 Å². The predicted molar refractivity (Wildman–Crippen MR) is 82.0 cm³/mol. The van der Waals surface area contributed by atoms with Crippen molar-refractivity contribution in [1.82, 2.24) is 5.32 Å². The van der Waals surface area contributed by atoms with E-state index in [1.807, 2.05) is 31.2 Å². The number of halogens is 1. The summed E-state index contributed by atoms with van der Waals surface area (Å²) in [5.74, 6) is 5.49. The van der Waals surface area contributed by atoms with Crippen molar-refractivity contribution >= 4 is 17.5 Å². The van der Waals surface area contributed by atoms with Crippen molar-refractivity contribution in [3.8, 4) is 11.8 Å². The summed E-state index contributed by atoms with van der Waals surface area (Å²) < 4.78 is 4.91. The van der Waals surface area contributed by atoms with Crippen LogP contribution in [0.15, 0.2) is 41.0 Å². The first kappa shape index (κ1) is 15.2. The Balaban J connectivity index is 2.11. The number of hydrogen-bond acceptors (Lipinski definition) is 3. The van der Waals surface area contributed by atoms with Gasteiger partial charge in [-0.3, -0.25) is 4.79 Å². The molecule has 1 amide bonds. The smallest absolute Gasteiger partial charge is 0.256 e. The molecule has 1 atom stereocenters. The number of amides is 1. The van der Waals surface area contributed by atoms with Gasteiger partial charge in [0.25, 0.3) is 5.91 Å². The first-order valence-electron chi connectivity index (χ1n) is 6.44. The summed E-state index contributed by atoms with van der Waals surface area (Å²) in [7, 11) is 0. The molecule has 1 heterocycles. The average molecular weight is 303 g/mol. The van der Waals surface area contributed by atoms with Crippen LogP contribution in [0.25, 0.3) is 0 Å². The summed E-state index contributed by atoms with van der Waals surface area (Å²) in [4.78, 5) is 12.1. The second-order valence-electron chi connectivity index (χ2n) is 4.43. The summed E-state index contributed by atoms with van der Waals surface area (Å²) in [6, 6.07) is 8.99. The minimum Gasteiger partial charge on any atom is -0.452 e. The zero-order valence-electron chi connectivity index (χ0n) is 11.5. The van der Waals surface area contributed by atoms with Crippen LogP contribution in [0.4, 0.5) is 0 Å². The van der Waals surface area contributed by atoms with E-state index in [4.69, 9.17) is 21.8 Å². The van der Waals surface area contributed by atoms with Crippen molar-refractivity contribution in [2.75, 3.05) is 6.54 Å². The summed E-state index contributed by atoms with van der Waals surface area (Å²) in [5.41, 5.74) is 7.49. The molecular formula is C16H15ClN2O2. The van der Waals surface area contributed by atoms with Crippen LogP contribution in [0.5, 0.6) is 0 Å². The van der Waals surface area contributed by atoms with Crippen molar-refractivity contribution in [3.05, 3.63) is 58.5 Å². The number of benzene rings is 1. The highest BCUT2D eigenvalue weighted by Crippen LogP contribution is 2.19. The summed E-state index contributed by atoms with van der Waals surface area (Å²) in [6.45, 7) is 2.21. The van der Waals surface area contributed by atoms with Gasteiger partial charge in [-0.2, -0.15) is 0 Å². The number of nitrogens with one attached hydrogen (secondary N) is 1. The maximum absolute atomic E-state index is 12.1. The maximum Gasteiger partial charge on any atom is 0.256 e. The van der Waals surface area contributed by atoms with Crippen molar-refractivity contribution in [3.63, 3.8) is 0 Å². The lowest BCUT2D eigenvalue weighted by molar-refractivity contribution is 0.0939. The Labute approximate surface area is 128 Å². The zero-order chi connectivity index (χ0) is 15.2. The molecule has 0 saturated heterocycles. The van der Waals surface area contributed by atoms with E-state index in [2.05, 4.69) is 17.2 Å². The van der Waals surface area contributed by atoms with Gasteiger partial charge in [-0.15, -0.1) is 0 Å². The first-order chi connectivity index (χ1) is 10.1. The fraction of sp³-hybridized carbons (Fsp3) is 0.188. The van der Waals surface area contributed by atoms with Gasteiger partial charge >= 0.3 is 0 Å². The SMILES string of the molecule is CC(NC(=O)c1ccoc1Cl)c1cccc(C#CCN)c1. The Hall–Kier alpha value is -2.22. The molecule has 0 bridgehead atoms. The third-order valence-electron chi connectivity index (χ3n) is 2.93. The van der Waals surface area contributed by atoms with Crippen LogP contribution < -0.4 is 11.1 Å². The average Bonchev–Trinajstić information content (AvgIpc) is 2.91. The van der Waals surface area contributed by atoms with Crippen LogP contribution in [0.3, 0.4) is 0 Å². The number of hydrogen-bond donors (Lipinski definition) is 2. The number of nitrogens with two attached hydrogens (primary N) is 1. The molecule has 3 N–H and O–H groups in total. The quantitative estimate of drug-likeness (QED) is 0.857. The molecule has 1 aromatic heterocycles. The molecule has 0 radical (unpaired) electrons. The summed E-state index contributed by atoms with van der Waals surface area (Å²) in [6.07, 6.45) is 1.38. The van der Waals surface area contributed by atoms with Gasteiger partial charge in [-0.1, -0.05) is 24.0 Å². The number of carbonyl (C=O) groups excluding carboxylic acids is 1. The molecule has 0 saturated carbocycles. The molecule has 21 heavy (non-hydrogen) atoms. The van der Waals surface area contributed by atoms with Crippen molar-refractivity contribution < 1.29 is 9.21 Å². The van der Waals surface area contributed by atoms with Crippen LogP contribution in [0, 0.1) is 11.8 Å². The molecule has 4 nitrogen and oxygen atoms in total. The van der Waals surface area contributed by atoms with Gasteiger partial charge in [-0.25, -0.2) is 0 Å². The molecule has 1 unspecified atom stereocenters. The molecule has 0 aliphatic carbocycles. The largest absolute Gasteiger partial charge is 0.452 e. The lowest BCUT2D eigenvalue weighted by Gasteiger charge is -2.14. The van der Waals surface area contributed by atoms with Gasteiger partial charge in [-0.05, 0) is 42.3 Å². The van der Waals surface area contributed by atoms with E-state index in [1.165, 1.54) is 12.3 Å². The maximum atomic E-state index is 12.1. The van der Waals surface area contributed by atoms with Gasteiger partial charge in [0.1, 0.15) is 0 Å². The second-order valence-corrected chi connectivity index (χ2v) is 4.78. The molecule has 0 aliphatic rings. The number of rotatable bonds is 3. The highest BCUT2D eigenvalue weighted by molar-refractivity contribution is 6.32. The highest BCUT2D eigenvalue weighted by Gasteiger charge is 2.16. The van der Waals surface area contributed by atoms with E-state index < -0.39 is 0 Å². The molecule has 5 heteroatoms. The van der Waals surface area contributed by atoms with Crippen molar-refractivity contribution in [2.24, 2.45) is 5.73 Å². The van der Waals surface area contributed by atoms with E-state index in [0.717, 1.165) is 11.1 Å². The molecule has 1 aromatic carbocycles. The summed E-state index contributed by atoms with van der Waals surface area (Å²) in [5, 5.41) is 2.95. The molecule has 0 spiro atoms. The van der Waals surface area contributed by atoms with Gasteiger partial charge in [0.15, 0.2) is 0 Å². The molecule has 108 valence electrons.